The number of hydrogen-bond acceptors (Lipinski definition) is 3. The van der Waals surface area contributed by atoms with Gasteiger partial charge in [-0.25, -0.2) is 4.98 Å². The summed E-state index contributed by atoms with van der Waals surface area (Å²) in [5, 5.41) is 0. The zero-order valence-electron chi connectivity index (χ0n) is 12.1. The van der Waals surface area contributed by atoms with Crippen molar-refractivity contribution in [2.75, 3.05) is 13.7 Å². The largest absolute Gasteiger partial charge is 0.497 e. The summed E-state index contributed by atoms with van der Waals surface area (Å²) in [6, 6.07) is 6.97. The maximum Gasteiger partial charge on any atom is 0.126 e. The Morgan fingerprint density at radius 3 is 2.80 bits per heavy atom. The Balaban J connectivity index is 2.20. The lowest BCUT2D eigenvalue weighted by Gasteiger charge is -2.10. The van der Waals surface area contributed by atoms with Crippen LogP contribution < -0.4 is 4.74 Å². The van der Waals surface area contributed by atoms with Gasteiger partial charge < -0.3 is 14.0 Å². The lowest BCUT2D eigenvalue weighted by atomic mass is 10.3. The van der Waals surface area contributed by atoms with E-state index in [2.05, 4.69) is 18.1 Å². The van der Waals surface area contributed by atoms with Crippen LogP contribution in [0.5, 0.6) is 5.75 Å². The van der Waals surface area contributed by atoms with Crippen molar-refractivity contribution in [2.45, 2.75) is 31.7 Å². The van der Waals surface area contributed by atoms with Gasteiger partial charge in [0.25, 0.3) is 0 Å². The van der Waals surface area contributed by atoms with E-state index in [0.717, 1.165) is 35.3 Å². The van der Waals surface area contributed by atoms with Crippen LogP contribution in [0.25, 0.3) is 11.0 Å². The van der Waals surface area contributed by atoms with Crippen molar-refractivity contribution >= 4 is 31.4 Å². The molecule has 20 heavy (non-hydrogen) atoms. The van der Waals surface area contributed by atoms with Crippen molar-refractivity contribution in [3.63, 3.8) is 0 Å². The highest BCUT2D eigenvalue weighted by Crippen LogP contribution is 2.23. The number of aromatic nitrogens is 2. The Bertz CT molecular complexity index is 572. The number of hydrogen-bond donors (Lipinski definition) is 0. The van der Waals surface area contributed by atoms with Gasteiger partial charge in [-0.2, -0.15) is 0 Å². The molecular weight excluding hydrogens is 292 g/mol. The SMILES string of the molecule is COc1ccc2nc(CCl)n(COCC[Si](C)C)c2c1. The van der Waals surface area contributed by atoms with E-state index >= 15 is 0 Å². The summed E-state index contributed by atoms with van der Waals surface area (Å²) >= 11 is 5.98. The van der Waals surface area contributed by atoms with Gasteiger partial charge in [-0.1, -0.05) is 13.1 Å². The van der Waals surface area contributed by atoms with Crippen molar-refractivity contribution in [3.05, 3.63) is 24.0 Å². The molecule has 0 spiro atoms. The molecule has 0 amide bonds. The molecule has 0 unspecified atom stereocenters. The fourth-order valence-electron chi connectivity index (χ4n) is 1.96. The first kappa shape index (κ1) is 15.3. The smallest absolute Gasteiger partial charge is 0.126 e. The van der Waals surface area contributed by atoms with Crippen LogP contribution in [0.3, 0.4) is 0 Å². The average molecular weight is 312 g/mol. The van der Waals surface area contributed by atoms with Gasteiger partial charge in [-0.15, -0.1) is 11.6 Å². The summed E-state index contributed by atoms with van der Waals surface area (Å²) in [6.45, 7) is 5.85. The Morgan fingerprint density at radius 2 is 2.15 bits per heavy atom. The zero-order valence-corrected chi connectivity index (χ0v) is 13.9. The zero-order chi connectivity index (χ0) is 14.5. The van der Waals surface area contributed by atoms with E-state index < -0.39 is 0 Å². The molecule has 0 saturated heterocycles. The van der Waals surface area contributed by atoms with Crippen LogP contribution in [0, 0.1) is 0 Å². The van der Waals surface area contributed by atoms with E-state index in [1.54, 1.807) is 7.11 Å². The number of alkyl halides is 1. The third-order valence-electron chi connectivity index (χ3n) is 3.12. The standard InChI is InChI=1S/C14H20ClN2O2Si/c1-18-11-4-5-12-13(8-11)17(14(9-15)16-12)10-19-6-7-20(2)3/h4-5,8H,6-7,9-10H2,1-3H3. The molecule has 109 valence electrons. The molecule has 0 fully saturated rings. The first-order chi connectivity index (χ1) is 9.65. The number of ether oxygens (including phenoxy) is 2. The fourth-order valence-corrected chi connectivity index (χ4v) is 2.71. The molecule has 0 aliphatic rings. The van der Waals surface area contributed by atoms with Crippen molar-refractivity contribution in [1.82, 2.24) is 9.55 Å². The number of rotatable bonds is 7. The molecule has 0 aliphatic carbocycles. The second-order valence-corrected chi connectivity index (χ2v) is 8.12. The molecule has 0 bridgehead atoms. The van der Waals surface area contributed by atoms with Gasteiger partial charge in [0.1, 0.15) is 18.3 Å². The van der Waals surface area contributed by atoms with Gasteiger partial charge in [-0.05, 0) is 18.2 Å². The molecule has 1 aromatic heterocycles. The molecule has 2 aromatic rings. The van der Waals surface area contributed by atoms with Gasteiger partial charge >= 0.3 is 0 Å². The molecular formula is C14H20ClN2O2Si. The van der Waals surface area contributed by atoms with Crippen molar-refractivity contribution in [2.24, 2.45) is 0 Å². The number of halogens is 1. The predicted molar refractivity (Wildman–Crippen MR) is 84.1 cm³/mol. The number of fused-ring (bicyclic) bond motifs is 1. The van der Waals surface area contributed by atoms with Gasteiger partial charge in [0.15, 0.2) is 0 Å². The van der Waals surface area contributed by atoms with E-state index in [-0.39, 0.29) is 8.80 Å². The van der Waals surface area contributed by atoms with E-state index in [9.17, 15) is 0 Å². The highest BCUT2D eigenvalue weighted by Gasteiger charge is 2.11. The van der Waals surface area contributed by atoms with E-state index in [4.69, 9.17) is 21.1 Å². The van der Waals surface area contributed by atoms with Crippen molar-refractivity contribution in [3.8, 4) is 5.75 Å². The quantitative estimate of drug-likeness (QED) is 0.446. The van der Waals surface area contributed by atoms with Crippen LogP contribution in [0.1, 0.15) is 5.82 Å². The monoisotopic (exact) mass is 311 g/mol. The number of imidazole rings is 1. The van der Waals surface area contributed by atoms with Crippen LogP contribution >= 0.6 is 11.6 Å². The maximum atomic E-state index is 5.98. The molecule has 4 nitrogen and oxygen atoms in total. The topological polar surface area (TPSA) is 36.3 Å². The molecule has 1 aromatic carbocycles. The lowest BCUT2D eigenvalue weighted by Crippen LogP contribution is -2.10. The summed E-state index contributed by atoms with van der Waals surface area (Å²) in [6.07, 6.45) is 0. The minimum Gasteiger partial charge on any atom is -0.497 e. The number of benzene rings is 1. The van der Waals surface area contributed by atoms with Gasteiger partial charge in [-0.3, -0.25) is 0 Å². The lowest BCUT2D eigenvalue weighted by molar-refractivity contribution is 0.0887. The van der Waals surface area contributed by atoms with Crippen LogP contribution in [0.2, 0.25) is 19.1 Å². The fraction of sp³-hybridized carbons (Fsp3) is 0.500. The first-order valence-electron chi connectivity index (χ1n) is 6.61. The van der Waals surface area contributed by atoms with E-state index in [1.807, 2.05) is 22.8 Å². The molecule has 2 rings (SSSR count). The van der Waals surface area contributed by atoms with Crippen LogP contribution in [-0.4, -0.2) is 32.1 Å². The minimum atomic E-state index is -0.239. The maximum absolute atomic E-state index is 5.98. The molecule has 0 saturated carbocycles. The third-order valence-corrected chi connectivity index (χ3v) is 4.56. The van der Waals surface area contributed by atoms with Gasteiger partial charge in [0.2, 0.25) is 0 Å². The summed E-state index contributed by atoms with van der Waals surface area (Å²) < 4.78 is 13.0. The highest BCUT2D eigenvalue weighted by molar-refractivity contribution is 6.55. The number of nitrogens with zero attached hydrogens (tertiary/aromatic N) is 2. The van der Waals surface area contributed by atoms with Crippen LogP contribution in [-0.2, 0) is 17.3 Å². The molecule has 1 radical (unpaired) electrons. The Morgan fingerprint density at radius 1 is 1.35 bits per heavy atom. The van der Waals surface area contributed by atoms with E-state index in [1.165, 1.54) is 0 Å². The molecule has 1 heterocycles. The van der Waals surface area contributed by atoms with Crippen molar-refractivity contribution in [1.29, 1.82) is 0 Å². The second-order valence-electron chi connectivity index (χ2n) is 4.94. The third kappa shape index (κ3) is 3.53. The molecule has 6 heteroatoms. The Labute approximate surface area is 126 Å². The molecule has 0 N–H and O–H groups in total. The Kier molecular flexibility index (Phi) is 5.45. The Hall–Kier alpha value is -1.04. The minimum absolute atomic E-state index is 0.239. The first-order valence-corrected chi connectivity index (χ1v) is 9.85. The summed E-state index contributed by atoms with van der Waals surface area (Å²) in [4.78, 5) is 4.52. The highest BCUT2D eigenvalue weighted by atomic mass is 35.5. The van der Waals surface area contributed by atoms with Gasteiger partial charge in [0.05, 0.1) is 24.0 Å². The second kappa shape index (κ2) is 7.11. The summed E-state index contributed by atoms with van der Waals surface area (Å²) in [5.41, 5.74) is 1.92. The van der Waals surface area contributed by atoms with Crippen LogP contribution in [0.4, 0.5) is 0 Å². The predicted octanol–water partition coefficient (Wildman–Crippen LogP) is 3.51. The van der Waals surface area contributed by atoms with Crippen LogP contribution in [0.15, 0.2) is 18.2 Å². The summed E-state index contributed by atoms with van der Waals surface area (Å²) in [7, 11) is 1.42. The normalized spacial score (nSPS) is 11.4. The molecule has 0 aliphatic heterocycles. The van der Waals surface area contributed by atoms with Crippen molar-refractivity contribution < 1.29 is 9.47 Å². The molecule has 0 atom stereocenters. The summed E-state index contributed by atoms with van der Waals surface area (Å²) in [5.74, 6) is 2.01. The number of methoxy groups -OCH3 is 1. The van der Waals surface area contributed by atoms with Gasteiger partial charge in [0, 0.05) is 21.5 Å². The average Bonchev–Trinajstić information content (AvgIpc) is 2.80. The van der Waals surface area contributed by atoms with E-state index in [0.29, 0.717) is 12.6 Å².